The van der Waals surface area contributed by atoms with E-state index in [-0.39, 0.29) is 11.6 Å². The van der Waals surface area contributed by atoms with Crippen molar-refractivity contribution < 1.29 is 9.53 Å². The fourth-order valence-corrected chi connectivity index (χ4v) is 3.08. The molecule has 31 heavy (non-hydrogen) atoms. The Morgan fingerprint density at radius 2 is 1.94 bits per heavy atom. The number of hydrogen-bond acceptors (Lipinski definition) is 5. The summed E-state index contributed by atoms with van der Waals surface area (Å²) >= 11 is 0. The molecule has 0 saturated carbocycles. The molecule has 7 heteroatoms. The van der Waals surface area contributed by atoms with E-state index in [9.17, 15) is 4.79 Å². The summed E-state index contributed by atoms with van der Waals surface area (Å²) in [5.74, 6) is 0.478. The molecular weight excluding hydrogens is 390 g/mol. The third-order valence-corrected chi connectivity index (χ3v) is 4.69. The van der Waals surface area contributed by atoms with E-state index in [2.05, 4.69) is 20.3 Å². The molecule has 0 aliphatic heterocycles. The highest BCUT2D eigenvalue weighted by molar-refractivity contribution is 5.93. The van der Waals surface area contributed by atoms with Crippen molar-refractivity contribution in [3.63, 3.8) is 0 Å². The molecule has 1 amide bonds. The molecule has 0 aliphatic carbocycles. The van der Waals surface area contributed by atoms with E-state index >= 15 is 0 Å². The van der Waals surface area contributed by atoms with Crippen LogP contribution in [0.4, 0.5) is 0 Å². The average molecular weight is 415 g/mol. The quantitative estimate of drug-likeness (QED) is 0.427. The zero-order valence-corrected chi connectivity index (χ0v) is 17.6. The predicted molar refractivity (Wildman–Crippen MR) is 121 cm³/mol. The summed E-state index contributed by atoms with van der Waals surface area (Å²) in [5.41, 5.74) is 9.09. The molecule has 0 unspecified atom stereocenters. The van der Waals surface area contributed by atoms with Crippen molar-refractivity contribution in [1.82, 2.24) is 20.3 Å². The highest BCUT2D eigenvalue weighted by Gasteiger charge is 2.15. The third kappa shape index (κ3) is 5.26. The maximum Gasteiger partial charge on any atom is 0.271 e. The Labute approximate surface area is 180 Å². The van der Waals surface area contributed by atoms with E-state index in [1.165, 1.54) is 6.20 Å². The molecule has 2 heterocycles. The summed E-state index contributed by atoms with van der Waals surface area (Å²) in [4.78, 5) is 24.3. The Balaban J connectivity index is 1.51. The Kier molecular flexibility index (Phi) is 5.68. The molecule has 0 atom stereocenters. The zero-order chi connectivity index (χ0) is 21.8. The van der Waals surface area contributed by atoms with Crippen LogP contribution < -0.4 is 15.8 Å². The second-order valence-corrected chi connectivity index (χ2v) is 8.17. The first kappa shape index (κ1) is 20.6. The van der Waals surface area contributed by atoms with Crippen molar-refractivity contribution in [3.8, 4) is 17.1 Å². The van der Waals surface area contributed by atoms with Gasteiger partial charge in [-0.05, 0) is 43.7 Å². The molecule has 4 aromatic rings. The average Bonchev–Trinajstić information content (AvgIpc) is 3.20. The summed E-state index contributed by atoms with van der Waals surface area (Å²) in [6.45, 7) is 4.54. The predicted octanol–water partition coefficient (Wildman–Crippen LogP) is 3.67. The number of H-pyrrole nitrogens is 1. The molecule has 0 spiro atoms. The summed E-state index contributed by atoms with van der Waals surface area (Å²) < 4.78 is 5.92. The molecule has 0 aliphatic rings. The highest BCUT2D eigenvalue weighted by atomic mass is 16.5. The highest BCUT2D eigenvalue weighted by Crippen LogP contribution is 2.26. The number of carbonyl (C=O) groups is 1. The molecule has 4 rings (SSSR count). The number of aromatic amines is 1. The van der Waals surface area contributed by atoms with Gasteiger partial charge in [0.15, 0.2) is 0 Å². The van der Waals surface area contributed by atoms with Gasteiger partial charge in [-0.25, -0.2) is 4.98 Å². The lowest BCUT2D eigenvalue weighted by atomic mass is 10.1. The molecule has 7 nitrogen and oxygen atoms in total. The molecule has 0 radical (unpaired) electrons. The molecule has 4 N–H and O–H groups in total. The van der Waals surface area contributed by atoms with Crippen LogP contribution in [-0.2, 0) is 6.61 Å². The molecule has 0 fully saturated rings. The SMILES string of the molecule is CC(C)(N)CNC(=O)c1cncc(-c2cc3cc(OCc4ccccc4)ccc3[nH]2)n1. The van der Waals surface area contributed by atoms with Gasteiger partial charge in [-0.15, -0.1) is 0 Å². The van der Waals surface area contributed by atoms with Gasteiger partial charge >= 0.3 is 0 Å². The van der Waals surface area contributed by atoms with Gasteiger partial charge in [0.1, 0.15) is 23.7 Å². The van der Waals surface area contributed by atoms with E-state index in [0.29, 0.717) is 18.8 Å². The Morgan fingerprint density at radius 1 is 1.13 bits per heavy atom. The van der Waals surface area contributed by atoms with Crippen molar-refractivity contribution in [1.29, 1.82) is 0 Å². The van der Waals surface area contributed by atoms with Crippen LogP contribution in [0.2, 0.25) is 0 Å². The normalized spacial score (nSPS) is 11.5. The van der Waals surface area contributed by atoms with Crippen molar-refractivity contribution in [2.75, 3.05) is 6.54 Å². The Morgan fingerprint density at radius 3 is 2.71 bits per heavy atom. The number of fused-ring (bicyclic) bond motifs is 1. The maximum absolute atomic E-state index is 12.4. The molecule has 2 aromatic heterocycles. The third-order valence-electron chi connectivity index (χ3n) is 4.69. The minimum atomic E-state index is -0.502. The Hall–Kier alpha value is -3.71. The van der Waals surface area contributed by atoms with Crippen LogP contribution in [0.15, 0.2) is 67.0 Å². The van der Waals surface area contributed by atoms with Crippen molar-refractivity contribution in [2.45, 2.75) is 26.0 Å². The minimum Gasteiger partial charge on any atom is -0.489 e. The first-order valence-electron chi connectivity index (χ1n) is 10.1. The van der Waals surface area contributed by atoms with E-state index in [4.69, 9.17) is 10.5 Å². The lowest BCUT2D eigenvalue weighted by molar-refractivity contribution is 0.0940. The van der Waals surface area contributed by atoms with Crippen LogP contribution in [-0.4, -0.2) is 32.9 Å². The number of hydrogen-bond donors (Lipinski definition) is 3. The first-order chi connectivity index (χ1) is 14.9. The number of amides is 1. The van der Waals surface area contributed by atoms with Crippen LogP contribution in [0.1, 0.15) is 29.9 Å². The van der Waals surface area contributed by atoms with Gasteiger partial charge in [0.2, 0.25) is 0 Å². The van der Waals surface area contributed by atoms with Gasteiger partial charge in [-0.1, -0.05) is 30.3 Å². The van der Waals surface area contributed by atoms with Gasteiger partial charge < -0.3 is 20.8 Å². The van der Waals surface area contributed by atoms with Crippen LogP contribution in [0, 0.1) is 0 Å². The second-order valence-electron chi connectivity index (χ2n) is 8.17. The molecule has 158 valence electrons. The minimum absolute atomic E-state index is 0.243. The number of nitrogens with zero attached hydrogens (tertiary/aromatic N) is 2. The van der Waals surface area contributed by atoms with E-state index in [1.807, 2.05) is 68.4 Å². The lowest BCUT2D eigenvalue weighted by Crippen LogP contribution is -2.45. The van der Waals surface area contributed by atoms with Crippen molar-refractivity contribution >= 4 is 16.8 Å². The van der Waals surface area contributed by atoms with Crippen LogP contribution in [0.3, 0.4) is 0 Å². The van der Waals surface area contributed by atoms with E-state index in [0.717, 1.165) is 27.9 Å². The van der Waals surface area contributed by atoms with Crippen molar-refractivity contribution in [2.24, 2.45) is 5.73 Å². The summed E-state index contributed by atoms with van der Waals surface area (Å²) in [6.07, 6.45) is 3.07. The number of nitrogens with two attached hydrogens (primary N) is 1. The van der Waals surface area contributed by atoms with Gasteiger partial charge in [0.25, 0.3) is 5.91 Å². The topological polar surface area (TPSA) is 106 Å². The number of benzene rings is 2. The monoisotopic (exact) mass is 415 g/mol. The van der Waals surface area contributed by atoms with Crippen LogP contribution >= 0.6 is 0 Å². The van der Waals surface area contributed by atoms with Crippen LogP contribution in [0.5, 0.6) is 5.75 Å². The fourth-order valence-electron chi connectivity index (χ4n) is 3.08. The largest absolute Gasteiger partial charge is 0.489 e. The summed E-state index contributed by atoms with van der Waals surface area (Å²) in [7, 11) is 0. The number of ether oxygens (including phenoxy) is 1. The van der Waals surface area contributed by atoms with Crippen LogP contribution in [0.25, 0.3) is 22.3 Å². The number of rotatable bonds is 7. The standard InChI is InChI=1S/C24H25N5O2/c1-24(2,25)15-27-23(30)22-13-26-12-21(29-22)20-11-17-10-18(8-9-19(17)28-20)31-14-16-6-4-3-5-7-16/h3-13,28H,14-15,25H2,1-2H3,(H,27,30). The number of carbonyl (C=O) groups excluding carboxylic acids is 1. The molecule has 2 aromatic carbocycles. The molecular formula is C24H25N5O2. The molecule has 0 saturated heterocycles. The van der Waals surface area contributed by atoms with Gasteiger partial charge in [0, 0.05) is 23.0 Å². The van der Waals surface area contributed by atoms with Gasteiger partial charge in [0.05, 0.1) is 18.1 Å². The first-order valence-corrected chi connectivity index (χ1v) is 10.1. The number of aromatic nitrogens is 3. The summed E-state index contributed by atoms with van der Waals surface area (Å²) in [5, 5.41) is 3.77. The van der Waals surface area contributed by atoms with Gasteiger partial charge in [-0.2, -0.15) is 0 Å². The Bertz CT molecular complexity index is 1200. The number of nitrogens with one attached hydrogen (secondary N) is 2. The molecule has 0 bridgehead atoms. The second kappa shape index (κ2) is 8.57. The van der Waals surface area contributed by atoms with Gasteiger partial charge in [-0.3, -0.25) is 9.78 Å². The fraction of sp³-hybridized carbons (Fsp3) is 0.208. The van der Waals surface area contributed by atoms with E-state index < -0.39 is 5.54 Å². The zero-order valence-electron chi connectivity index (χ0n) is 17.6. The summed E-state index contributed by atoms with van der Waals surface area (Å²) in [6, 6.07) is 17.9. The smallest absolute Gasteiger partial charge is 0.271 e. The lowest BCUT2D eigenvalue weighted by Gasteiger charge is -2.18. The maximum atomic E-state index is 12.4. The van der Waals surface area contributed by atoms with Crippen molar-refractivity contribution in [3.05, 3.63) is 78.2 Å². The van der Waals surface area contributed by atoms with E-state index in [1.54, 1.807) is 6.20 Å².